The van der Waals surface area contributed by atoms with Crippen molar-refractivity contribution in [2.24, 2.45) is 0 Å². The van der Waals surface area contributed by atoms with Gasteiger partial charge >= 0.3 is 6.03 Å². The summed E-state index contributed by atoms with van der Waals surface area (Å²) < 4.78 is 5.86. The topological polar surface area (TPSA) is 88.2 Å². The summed E-state index contributed by atoms with van der Waals surface area (Å²) in [6.45, 7) is 3.90. The maximum Gasteiger partial charge on any atom is 0.324 e. The summed E-state index contributed by atoms with van der Waals surface area (Å²) in [5.74, 6) is 1.75. The SMILES string of the molecule is C=C(NC)c1cc(Oc2ccc(NC(=O)Nc3cc4ccccc4cn3)cc2)ccn1. The number of ether oxygens (including phenoxy) is 1. The van der Waals surface area contributed by atoms with Gasteiger partial charge in [0.05, 0.1) is 11.4 Å². The summed E-state index contributed by atoms with van der Waals surface area (Å²) in [5.41, 5.74) is 2.04. The molecule has 0 spiro atoms. The lowest BCUT2D eigenvalue weighted by molar-refractivity contribution is 0.262. The van der Waals surface area contributed by atoms with E-state index in [4.69, 9.17) is 4.74 Å². The molecule has 4 aromatic rings. The van der Waals surface area contributed by atoms with Crippen LogP contribution in [0.4, 0.5) is 16.3 Å². The Morgan fingerprint density at radius 3 is 2.45 bits per heavy atom. The average Bonchev–Trinajstić information content (AvgIpc) is 2.80. The number of fused-ring (bicyclic) bond motifs is 1. The first-order chi connectivity index (χ1) is 15.1. The van der Waals surface area contributed by atoms with Crippen molar-refractivity contribution in [3.8, 4) is 11.5 Å². The van der Waals surface area contributed by atoms with Crippen LogP contribution in [0, 0.1) is 0 Å². The van der Waals surface area contributed by atoms with Crippen LogP contribution < -0.4 is 20.7 Å². The first-order valence-corrected chi connectivity index (χ1v) is 9.64. The third-order valence-electron chi connectivity index (χ3n) is 4.56. The molecule has 7 nitrogen and oxygen atoms in total. The maximum atomic E-state index is 12.3. The molecule has 3 N–H and O–H groups in total. The molecule has 31 heavy (non-hydrogen) atoms. The molecule has 7 heteroatoms. The molecule has 154 valence electrons. The first kappa shape index (κ1) is 19.9. The standard InChI is InChI=1S/C24H21N5O2/c1-16(25-2)22-14-21(11-12-26-22)31-20-9-7-19(8-10-20)28-24(30)29-23-13-17-5-3-4-6-18(17)15-27-23/h3-15,25H,1H2,2H3,(H2,27,28,29,30). The Morgan fingerprint density at radius 1 is 0.903 bits per heavy atom. The van der Waals surface area contributed by atoms with Gasteiger partial charge in [-0.3, -0.25) is 10.3 Å². The van der Waals surface area contributed by atoms with E-state index in [2.05, 4.69) is 32.5 Å². The number of anilines is 2. The summed E-state index contributed by atoms with van der Waals surface area (Å²) in [7, 11) is 1.79. The van der Waals surface area contributed by atoms with E-state index in [9.17, 15) is 4.79 Å². The van der Waals surface area contributed by atoms with E-state index in [1.165, 1.54) is 0 Å². The summed E-state index contributed by atoms with van der Waals surface area (Å²) >= 11 is 0. The second-order valence-corrected chi connectivity index (χ2v) is 6.73. The number of urea groups is 1. The second kappa shape index (κ2) is 8.96. The number of benzene rings is 2. The van der Waals surface area contributed by atoms with E-state index >= 15 is 0 Å². The molecule has 2 aromatic carbocycles. The fraction of sp³-hybridized carbons (Fsp3) is 0.0417. The van der Waals surface area contributed by atoms with Crippen LogP contribution in [0.1, 0.15) is 5.69 Å². The quantitative estimate of drug-likeness (QED) is 0.403. The molecular formula is C24H21N5O2. The summed E-state index contributed by atoms with van der Waals surface area (Å²) in [6, 6.07) is 19.9. The molecule has 2 amide bonds. The molecular weight excluding hydrogens is 390 g/mol. The normalized spacial score (nSPS) is 10.4. The highest BCUT2D eigenvalue weighted by molar-refractivity contribution is 6.00. The highest BCUT2D eigenvalue weighted by atomic mass is 16.5. The molecule has 0 saturated carbocycles. The molecule has 0 aliphatic rings. The third kappa shape index (κ3) is 4.97. The first-order valence-electron chi connectivity index (χ1n) is 9.64. The van der Waals surface area contributed by atoms with E-state index in [1.807, 2.05) is 30.3 Å². The minimum absolute atomic E-state index is 0.374. The summed E-state index contributed by atoms with van der Waals surface area (Å²) in [5, 5.41) is 10.5. The van der Waals surface area contributed by atoms with Gasteiger partial charge in [0.25, 0.3) is 0 Å². The lowest BCUT2D eigenvalue weighted by Crippen LogP contribution is -2.19. The Labute approximate surface area is 179 Å². The van der Waals surface area contributed by atoms with E-state index < -0.39 is 0 Å². The molecule has 0 fully saturated rings. The van der Waals surface area contributed by atoms with E-state index in [0.717, 1.165) is 10.8 Å². The van der Waals surface area contributed by atoms with Crippen molar-refractivity contribution in [1.82, 2.24) is 15.3 Å². The van der Waals surface area contributed by atoms with Gasteiger partial charge in [0, 0.05) is 36.6 Å². The Hall–Kier alpha value is -4.39. The van der Waals surface area contributed by atoms with Gasteiger partial charge in [-0.25, -0.2) is 9.78 Å². The molecule has 0 bridgehead atoms. The van der Waals surface area contributed by atoms with E-state index in [-0.39, 0.29) is 6.03 Å². The van der Waals surface area contributed by atoms with Gasteiger partial charge in [-0.2, -0.15) is 0 Å². The van der Waals surface area contributed by atoms with Crippen molar-refractivity contribution in [1.29, 1.82) is 0 Å². The lowest BCUT2D eigenvalue weighted by atomic mass is 10.2. The largest absolute Gasteiger partial charge is 0.457 e. The number of hydrogen-bond donors (Lipinski definition) is 3. The fourth-order valence-corrected chi connectivity index (χ4v) is 2.94. The number of nitrogens with one attached hydrogen (secondary N) is 3. The average molecular weight is 411 g/mol. The highest BCUT2D eigenvalue weighted by Crippen LogP contribution is 2.24. The van der Waals surface area contributed by atoms with Crippen molar-refractivity contribution < 1.29 is 9.53 Å². The van der Waals surface area contributed by atoms with Gasteiger partial charge in [0.15, 0.2) is 0 Å². The number of pyridine rings is 2. The zero-order chi connectivity index (χ0) is 21.6. The van der Waals surface area contributed by atoms with Crippen LogP contribution in [-0.4, -0.2) is 23.0 Å². The number of amides is 2. The van der Waals surface area contributed by atoms with Crippen LogP contribution in [-0.2, 0) is 0 Å². The fourth-order valence-electron chi connectivity index (χ4n) is 2.94. The van der Waals surface area contributed by atoms with E-state index in [0.29, 0.717) is 34.4 Å². The van der Waals surface area contributed by atoms with E-state index in [1.54, 1.807) is 55.8 Å². The minimum Gasteiger partial charge on any atom is -0.457 e. The Balaban J connectivity index is 1.37. The number of nitrogens with zero attached hydrogens (tertiary/aromatic N) is 2. The molecule has 0 aliphatic carbocycles. The van der Waals surface area contributed by atoms with Crippen molar-refractivity contribution in [2.45, 2.75) is 0 Å². The van der Waals surface area contributed by atoms with Gasteiger partial charge in [-0.15, -0.1) is 0 Å². The maximum absolute atomic E-state index is 12.3. The third-order valence-corrected chi connectivity index (χ3v) is 4.56. The zero-order valence-electron chi connectivity index (χ0n) is 16.9. The van der Waals surface area contributed by atoms with Crippen LogP contribution in [0.3, 0.4) is 0 Å². The Bertz CT molecular complexity index is 1240. The number of aromatic nitrogens is 2. The molecule has 2 heterocycles. The molecule has 0 aliphatic heterocycles. The van der Waals surface area contributed by atoms with Crippen molar-refractivity contribution >= 4 is 34.0 Å². The molecule has 0 radical (unpaired) electrons. The van der Waals surface area contributed by atoms with Crippen molar-refractivity contribution in [3.05, 3.63) is 91.4 Å². The predicted molar refractivity (Wildman–Crippen MR) is 123 cm³/mol. The molecule has 2 aromatic heterocycles. The van der Waals surface area contributed by atoms with Gasteiger partial charge in [0.2, 0.25) is 0 Å². The van der Waals surface area contributed by atoms with Crippen molar-refractivity contribution in [2.75, 3.05) is 17.7 Å². The molecule has 0 atom stereocenters. The van der Waals surface area contributed by atoms with Gasteiger partial charge in [0.1, 0.15) is 17.3 Å². The predicted octanol–water partition coefficient (Wildman–Crippen LogP) is 5.26. The lowest BCUT2D eigenvalue weighted by Gasteiger charge is -2.10. The number of carbonyl (C=O) groups is 1. The number of hydrogen-bond acceptors (Lipinski definition) is 5. The monoisotopic (exact) mass is 411 g/mol. The van der Waals surface area contributed by atoms with Crippen LogP contribution in [0.2, 0.25) is 0 Å². The summed E-state index contributed by atoms with van der Waals surface area (Å²) in [4.78, 5) is 20.8. The Morgan fingerprint density at radius 2 is 1.68 bits per heavy atom. The van der Waals surface area contributed by atoms with Crippen LogP contribution in [0.25, 0.3) is 16.5 Å². The number of carbonyl (C=O) groups excluding carboxylic acids is 1. The second-order valence-electron chi connectivity index (χ2n) is 6.73. The van der Waals surface area contributed by atoms with Gasteiger partial charge in [-0.05, 0) is 41.8 Å². The summed E-state index contributed by atoms with van der Waals surface area (Å²) in [6.07, 6.45) is 3.39. The van der Waals surface area contributed by atoms with Crippen LogP contribution in [0.5, 0.6) is 11.5 Å². The minimum atomic E-state index is -0.374. The highest BCUT2D eigenvalue weighted by Gasteiger charge is 2.06. The smallest absolute Gasteiger partial charge is 0.324 e. The molecule has 4 rings (SSSR count). The molecule has 0 saturated heterocycles. The zero-order valence-corrected chi connectivity index (χ0v) is 16.9. The number of rotatable bonds is 6. The van der Waals surface area contributed by atoms with Crippen molar-refractivity contribution in [3.63, 3.8) is 0 Å². The van der Waals surface area contributed by atoms with Gasteiger partial charge in [-0.1, -0.05) is 30.8 Å². The molecule has 0 unspecified atom stereocenters. The van der Waals surface area contributed by atoms with Crippen LogP contribution in [0.15, 0.2) is 85.7 Å². The van der Waals surface area contributed by atoms with Gasteiger partial charge < -0.3 is 15.4 Å². The Kier molecular flexibility index (Phi) is 5.75. The van der Waals surface area contributed by atoms with Crippen LogP contribution >= 0.6 is 0 Å².